The molecular weight excluding hydrogens is 378 g/mol. The fourth-order valence-electron chi connectivity index (χ4n) is 4.14. The molecular formula is C24H35N3O3. The summed E-state index contributed by atoms with van der Waals surface area (Å²) in [5, 5.41) is 7.70. The zero-order valence-electron chi connectivity index (χ0n) is 18.6. The van der Waals surface area contributed by atoms with Gasteiger partial charge in [0.1, 0.15) is 5.75 Å². The van der Waals surface area contributed by atoms with E-state index in [1.807, 2.05) is 35.9 Å². The molecule has 1 aliphatic carbocycles. The van der Waals surface area contributed by atoms with E-state index in [1.54, 1.807) is 7.11 Å². The number of aromatic nitrogens is 2. The molecule has 0 radical (unpaired) electrons. The van der Waals surface area contributed by atoms with Crippen molar-refractivity contribution in [1.82, 2.24) is 15.1 Å². The summed E-state index contributed by atoms with van der Waals surface area (Å²) in [5.41, 5.74) is 4.12. The van der Waals surface area contributed by atoms with E-state index in [4.69, 9.17) is 9.47 Å². The SMILES string of the molecule is COc1cccc(-n2nc(C)c(CCC(=O)NCCCOC3CCCCC3)c2C)c1. The largest absolute Gasteiger partial charge is 0.497 e. The predicted molar refractivity (Wildman–Crippen MR) is 118 cm³/mol. The first-order chi connectivity index (χ1) is 14.6. The Balaban J connectivity index is 1.43. The first kappa shape index (κ1) is 22.3. The molecule has 1 fully saturated rings. The first-order valence-electron chi connectivity index (χ1n) is 11.2. The van der Waals surface area contributed by atoms with Crippen molar-refractivity contribution in [3.8, 4) is 11.4 Å². The van der Waals surface area contributed by atoms with Gasteiger partial charge in [0.2, 0.25) is 5.91 Å². The van der Waals surface area contributed by atoms with Crippen molar-refractivity contribution in [2.45, 2.75) is 71.3 Å². The molecule has 1 heterocycles. The van der Waals surface area contributed by atoms with Crippen LogP contribution in [-0.2, 0) is 16.0 Å². The molecule has 1 saturated carbocycles. The van der Waals surface area contributed by atoms with Gasteiger partial charge < -0.3 is 14.8 Å². The molecule has 1 aromatic carbocycles. The average molecular weight is 414 g/mol. The zero-order valence-corrected chi connectivity index (χ0v) is 18.6. The molecule has 1 amide bonds. The van der Waals surface area contributed by atoms with E-state index in [0.717, 1.165) is 41.4 Å². The summed E-state index contributed by atoms with van der Waals surface area (Å²) in [6.07, 6.45) is 8.75. The lowest BCUT2D eigenvalue weighted by atomic mass is 9.98. The van der Waals surface area contributed by atoms with Gasteiger partial charge in [-0.2, -0.15) is 5.10 Å². The minimum Gasteiger partial charge on any atom is -0.497 e. The van der Waals surface area contributed by atoms with Crippen molar-refractivity contribution in [1.29, 1.82) is 0 Å². The van der Waals surface area contributed by atoms with Crippen LogP contribution in [-0.4, -0.2) is 42.1 Å². The molecule has 1 aliphatic rings. The van der Waals surface area contributed by atoms with E-state index in [1.165, 1.54) is 32.1 Å². The molecule has 3 rings (SSSR count). The van der Waals surface area contributed by atoms with Gasteiger partial charge in [-0.05, 0) is 57.2 Å². The number of nitrogens with one attached hydrogen (secondary N) is 1. The van der Waals surface area contributed by atoms with Crippen molar-refractivity contribution >= 4 is 5.91 Å². The van der Waals surface area contributed by atoms with Gasteiger partial charge in [0.25, 0.3) is 0 Å². The van der Waals surface area contributed by atoms with Crippen molar-refractivity contribution in [2.75, 3.05) is 20.3 Å². The number of amides is 1. The Morgan fingerprint density at radius 2 is 2.03 bits per heavy atom. The molecule has 0 saturated heterocycles. The number of benzene rings is 1. The third-order valence-corrected chi connectivity index (χ3v) is 5.89. The van der Waals surface area contributed by atoms with Gasteiger partial charge in [-0.1, -0.05) is 25.3 Å². The number of carbonyl (C=O) groups is 1. The number of methoxy groups -OCH3 is 1. The Hall–Kier alpha value is -2.34. The Morgan fingerprint density at radius 3 is 2.80 bits per heavy atom. The molecule has 6 heteroatoms. The predicted octanol–water partition coefficient (Wildman–Crippen LogP) is 4.29. The fourth-order valence-corrected chi connectivity index (χ4v) is 4.14. The van der Waals surface area contributed by atoms with E-state index < -0.39 is 0 Å². The van der Waals surface area contributed by atoms with Crippen LogP contribution in [0.1, 0.15) is 61.9 Å². The lowest BCUT2D eigenvalue weighted by molar-refractivity contribution is -0.121. The maximum absolute atomic E-state index is 12.3. The van der Waals surface area contributed by atoms with Crippen molar-refractivity contribution in [3.63, 3.8) is 0 Å². The second kappa shape index (κ2) is 11.2. The quantitative estimate of drug-likeness (QED) is 0.590. The minimum atomic E-state index is 0.0839. The molecule has 164 valence electrons. The molecule has 6 nitrogen and oxygen atoms in total. The molecule has 0 aliphatic heterocycles. The first-order valence-corrected chi connectivity index (χ1v) is 11.2. The van der Waals surface area contributed by atoms with Crippen molar-refractivity contribution < 1.29 is 14.3 Å². The molecule has 1 aromatic heterocycles. The van der Waals surface area contributed by atoms with E-state index in [-0.39, 0.29) is 5.91 Å². The van der Waals surface area contributed by atoms with Gasteiger partial charge >= 0.3 is 0 Å². The van der Waals surface area contributed by atoms with E-state index in [0.29, 0.717) is 25.5 Å². The highest BCUT2D eigenvalue weighted by molar-refractivity contribution is 5.76. The Kier molecular flexibility index (Phi) is 8.31. The second-order valence-corrected chi connectivity index (χ2v) is 8.10. The van der Waals surface area contributed by atoms with Gasteiger partial charge in [-0.15, -0.1) is 0 Å². The van der Waals surface area contributed by atoms with E-state index >= 15 is 0 Å². The standard InChI is InChI=1S/C24H35N3O3/c1-18-23(19(2)27(26-18)20-9-7-12-22(17-20)29-3)13-14-24(28)25-15-8-16-30-21-10-5-4-6-11-21/h7,9,12,17,21H,4-6,8,10-11,13-16H2,1-3H3,(H,25,28). The van der Waals surface area contributed by atoms with Crippen LogP contribution in [0.3, 0.4) is 0 Å². The Morgan fingerprint density at radius 1 is 1.23 bits per heavy atom. The molecule has 1 N–H and O–H groups in total. The summed E-state index contributed by atoms with van der Waals surface area (Å²) < 4.78 is 13.2. The summed E-state index contributed by atoms with van der Waals surface area (Å²) in [6.45, 7) is 5.46. The number of rotatable bonds is 10. The highest BCUT2D eigenvalue weighted by atomic mass is 16.5. The van der Waals surface area contributed by atoms with Crippen LogP contribution in [0.4, 0.5) is 0 Å². The minimum absolute atomic E-state index is 0.0839. The maximum Gasteiger partial charge on any atom is 0.220 e. The lowest BCUT2D eigenvalue weighted by Gasteiger charge is -2.21. The van der Waals surface area contributed by atoms with Gasteiger partial charge in [-0.25, -0.2) is 4.68 Å². The number of aryl methyl sites for hydroxylation is 1. The van der Waals surface area contributed by atoms with E-state index in [9.17, 15) is 4.79 Å². The summed E-state index contributed by atoms with van der Waals surface area (Å²) in [6, 6.07) is 7.84. The second-order valence-electron chi connectivity index (χ2n) is 8.10. The fraction of sp³-hybridized carbons (Fsp3) is 0.583. The van der Waals surface area contributed by atoms with Gasteiger partial charge in [0.05, 0.1) is 24.6 Å². The molecule has 0 bridgehead atoms. The Labute approximate surface area is 180 Å². The van der Waals surface area contributed by atoms with Crippen LogP contribution in [0.5, 0.6) is 5.75 Å². The third kappa shape index (κ3) is 6.08. The van der Waals surface area contributed by atoms with Crippen LogP contribution in [0, 0.1) is 13.8 Å². The van der Waals surface area contributed by atoms with Gasteiger partial charge in [-0.3, -0.25) is 4.79 Å². The smallest absolute Gasteiger partial charge is 0.220 e. The number of carbonyl (C=O) groups excluding carboxylic acids is 1. The van der Waals surface area contributed by atoms with Crippen LogP contribution >= 0.6 is 0 Å². The van der Waals surface area contributed by atoms with Crippen LogP contribution in [0.25, 0.3) is 5.69 Å². The maximum atomic E-state index is 12.3. The molecule has 0 atom stereocenters. The lowest BCUT2D eigenvalue weighted by Crippen LogP contribution is -2.26. The number of hydrogen-bond donors (Lipinski definition) is 1. The average Bonchev–Trinajstić information content (AvgIpc) is 3.06. The van der Waals surface area contributed by atoms with Crippen LogP contribution in [0.15, 0.2) is 24.3 Å². The number of hydrogen-bond acceptors (Lipinski definition) is 4. The van der Waals surface area contributed by atoms with Crippen LogP contribution in [0.2, 0.25) is 0 Å². The molecule has 0 spiro atoms. The highest BCUT2D eigenvalue weighted by Crippen LogP contribution is 2.22. The highest BCUT2D eigenvalue weighted by Gasteiger charge is 2.15. The zero-order chi connectivity index (χ0) is 21.3. The van der Waals surface area contributed by atoms with Crippen molar-refractivity contribution in [2.24, 2.45) is 0 Å². The summed E-state index contributed by atoms with van der Waals surface area (Å²) in [4.78, 5) is 12.3. The van der Waals surface area contributed by atoms with Crippen molar-refractivity contribution in [3.05, 3.63) is 41.2 Å². The van der Waals surface area contributed by atoms with Crippen LogP contribution < -0.4 is 10.1 Å². The molecule has 0 unspecified atom stereocenters. The summed E-state index contributed by atoms with van der Waals surface area (Å²) in [7, 11) is 1.66. The van der Waals surface area contributed by atoms with Gasteiger partial charge in [0.15, 0.2) is 0 Å². The Bertz CT molecular complexity index is 825. The monoisotopic (exact) mass is 413 g/mol. The topological polar surface area (TPSA) is 65.4 Å². The van der Waals surface area contributed by atoms with Gasteiger partial charge in [0, 0.05) is 31.3 Å². The number of nitrogens with zero attached hydrogens (tertiary/aromatic N) is 2. The van der Waals surface area contributed by atoms with E-state index in [2.05, 4.69) is 17.3 Å². The normalized spacial score (nSPS) is 14.6. The number of ether oxygens (including phenoxy) is 2. The molecule has 2 aromatic rings. The summed E-state index contributed by atoms with van der Waals surface area (Å²) in [5.74, 6) is 0.883. The summed E-state index contributed by atoms with van der Waals surface area (Å²) >= 11 is 0. The third-order valence-electron chi connectivity index (χ3n) is 5.89. The molecule has 30 heavy (non-hydrogen) atoms.